The fourth-order valence-electron chi connectivity index (χ4n) is 1.33. The van der Waals surface area contributed by atoms with E-state index < -0.39 is 5.79 Å². The largest absolute Gasteiger partial charge is 0.348 e. The number of hydrogen-bond donors (Lipinski definition) is 1. The molecular weight excluding hydrogens is 166 g/mol. The molecule has 0 bridgehead atoms. The highest BCUT2D eigenvalue weighted by Crippen LogP contribution is 2.23. The van der Waals surface area contributed by atoms with Gasteiger partial charge >= 0.3 is 0 Å². The quantitative estimate of drug-likeness (QED) is 0.515. The van der Waals surface area contributed by atoms with E-state index in [1.807, 2.05) is 13.8 Å². The molecule has 1 heterocycles. The second kappa shape index (κ2) is 4.61. The highest BCUT2D eigenvalue weighted by molar-refractivity contribution is 4.86. The van der Waals surface area contributed by atoms with Crippen LogP contribution < -0.4 is 5.32 Å². The molecule has 3 nitrogen and oxygen atoms in total. The average molecular weight is 183 g/mol. The van der Waals surface area contributed by atoms with E-state index >= 15 is 0 Å². The van der Waals surface area contributed by atoms with Gasteiger partial charge in [-0.2, -0.15) is 0 Å². The van der Waals surface area contributed by atoms with Gasteiger partial charge in [-0.05, 0) is 26.8 Å². The molecule has 1 atom stereocenters. The third-order valence-corrected chi connectivity index (χ3v) is 1.94. The van der Waals surface area contributed by atoms with Gasteiger partial charge in [0.25, 0.3) is 0 Å². The zero-order chi connectivity index (χ0) is 9.73. The third-order valence-electron chi connectivity index (χ3n) is 1.94. The minimum absolute atomic E-state index is 0.209. The average Bonchev–Trinajstić information content (AvgIpc) is 2.40. The summed E-state index contributed by atoms with van der Waals surface area (Å²) in [6.45, 7) is 6.06. The van der Waals surface area contributed by atoms with Crippen molar-refractivity contribution in [2.75, 3.05) is 19.7 Å². The second-order valence-corrected chi connectivity index (χ2v) is 3.62. The predicted molar refractivity (Wildman–Crippen MR) is 51.2 cm³/mol. The van der Waals surface area contributed by atoms with Gasteiger partial charge in [0.1, 0.15) is 0 Å². The Labute approximate surface area is 79.8 Å². The van der Waals surface area contributed by atoms with Crippen LogP contribution in [0.5, 0.6) is 0 Å². The molecule has 0 spiro atoms. The lowest BCUT2D eigenvalue weighted by Gasteiger charge is -2.16. The van der Waals surface area contributed by atoms with Gasteiger partial charge in [0.2, 0.25) is 0 Å². The van der Waals surface area contributed by atoms with Crippen molar-refractivity contribution in [2.24, 2.45) is 0 Å². The zero-order valence-electron chi connectivity index (χ0n) is 8.30. The topological polar surface area (TPSA) is 30.5 Å². The molecule has 1 aliphatic rings. The van der Waals surface area contributed by atoms with Gasteiger partial charge in [-0.15, -0.1) is 6.42 Å². The van der Waals surface area contributed by atoms with Crippen molar-refractivity contribution >= 4 is 0 Å². The minimum Gasteiger partial charge on any atom is -0.348 e. The van der Waals surface area contributed by atoms with Crippen molar-refractivity contribution in [1.82, 2.24) is 5.32 Å². The SMILES string of the molecule is C#CCNCC[C@H]1COC(C)(C)O1. The second-order valence-electron chi connectivity index (χ2n) is 3.62. The van der Waals surface area contributed by atoms with Crippen molar-refractivity contribution in [1.29, 1.82) is 0 Å². The lowest BCUT2D eigenvalue weighted by atomic mass is 10.2. The summed E-state index contributed by atoms with van der Waals surface area (Å²) in [5.74, 6) is 2.12. The van der Waals surface area contributed by atoms with Crippen LogP contribution in [0.3, 0.4) is 0 Å². The van der Waals surface area contributed by atoms with Crippen molar-refractivity contribution in [2.45, 2.75) is 32.2 Å². The molecule has 0 aromatic carbocycles. The summed E-state index contributed by atoms with van der Waals surface area (Å²) < 4.78 is 11.0. The molecule has 3 heteroatoms. The van der Waals surface area contributed by atoms with Gasteiger partial charge in [-0.3, -0.25) is 0 Å². The summed E-state index contributed by atoms with van der Waals surface area (Å²) in [4.78, 5) is 0. The summed E-state index contributed by atoms with van der Waals surface area (Å²) in [6, 6.07) is 0. The standard InChI is InChI=1S/C10H17NO2/c1-4-6-11-7-5-9-8-12-10(2,3)13-9/h1,9,11H,5-8H2,2-3H3/t9-/m0/s1. The summed E-state index contributed by atoms with van der Waals surface area (Å²) in [7, 11) is 0. The normalized spacial score (nSPS) is 25.8. The molecule has 0 aromatic heterocycles. The molecule has 0 aliphatic carbocycles. The maximum absolute atomic E-state index is 5.62. The van der Waals surface area contributed by atoms with Crippen LogP contribution in [0.15, 0.2) is 0 Å². The Morgan fingerprint density at radius 3 is 2.92 bits per heavy atom. The van der Waals surface area contributed by atoms with E-state index in [1.165, 1.54) is 0 Å². The lowest BCUT2D eigenvalue weighted by molar-refractivity contribution is -0.138. The minimum atomic E-state index is -0.406. The molecule has 0 unspecified atom stereocenters. The monoisotopic (exact) mass is 183 g/mol. The Kier molecular flexibility index (Phi) is 3.73. The Morgan fingerprint density at radius 1 is 1.62 bits per heavy atom. The molecule has 1 rings (SSSR count). The van der Waals surface area contributed by atoms with Gasteiger partial charge in [0, 0.05) is 0 Å². The molecule has 0 radical (unpaired) electrons. The van der Waals surface area contributed by atoms with Crippen LogP contribution in [0.4, 0.5) is 0 Å². The summed E-state index contributed by atoms with van der Waals surface area (Å²) >= 11 is 0. The fraction of sp³-hybridized carbons (Fsp3) is 0.800. The number of nitrogens with one attached hydrogen (secondary N) is 1. The van der Waals surface area contributed by atoms with E-state index in [4.69, 9.17) is 15.9 Å². The molecule has 1 aliphatic heterocycles. The summed E-state index contributed by atoms with van der Waals surface area (Å²) in [5, 5.41) is 3.12. The molecular formula is C10H17NO2. The van der Waals surface area contributed by atoms with Crippen LogP contribution in [-0.4, -0.2) is 31.6 Å². The molecule has 1 fully saturated rings. The van der Waals surface area contributed by atoms with E-state index in [-0.39, 0.29) is 6.10 Å². The van der Waals surface area contributed by atoms with Crippen LogP contribution in [0.25, 0.3) is 0 Å². The van der Waals surface area contributed by atoms with Gasteiger partial charge in [0.05, 0.1) is 19.3 Å². The highest BCUT2D eigenvalue weighted by Gasteiger charge is 2.31. The first kappa shape index (κ1) is 10.5. The number of rotatable bonds is 4. The van der Waals surface area contributed by atoms with E-state index in [0.717, 1.165) is 13.0 Å². The van der Waals surface area contributed by atoms with Gasteiger partial charge < -0.3 is 14.8 Å². The first-order valence-electron chi connectivity index (χ1n) is 4.60. The maximum Gasteiger partial charge on any atom is 0.163 e. The highest BCUT2D eigenvalue weighted by atomic mass is 16.7. The fourth-order valence-corrected chi connectivity index (χ4v) is 1.33. The number of ether oxygens (including phenoxy) is 2. The van der Waals surface area contributed by atoms with Crippen molar-refractivity contribution in [3.8, 4) is 12.3 Å². The Bertz CT molecular complexity index is 196. The molecule has 13 heavy (non-hydrogen) atoms. The first-order valence-corrected chi connectivity index (χ1v) is 4.60. The Balaban J connectivity index is 2.08. The molecule has 1 saturated heterocycles. The summed E-state index contributed by atoms with van der Waals surface area (Å²) in [5.41, 5.74) is 0. The molecule has 1 N–H and O–H groups in total. The van der Waals surface area contributed by atoms with Crippen LogP contribution >= 0.6 is 0 Å². The van der Waals surface area contributed by atoms with Crippen LogP contribution in [0.1, 0.15) is 20.3 Å². The summed E-state index contributed by atoms with van der Waals surface area (Å²) in [6.07, 6.45) is 6.26. The Hall–Kier alpha value is -0.560. The Morgan fingerprint density at radius 2 is 2.38 bits per heavy atom. The lowest BCUT2D eigenvalue weighted by Crippen LogP contribution is -2.24. The van der Waals surface area contributed by atoms with Crippen LogP contribution in [0, 0.1) is 12.3 Å². The zero-order valence-corrected chi connectivity index (χ0v) is 8.30. The molecule has 0 aromatic rings. The van der Waals surface area contributed by atoms with E-state index in [1.54, 1.807) is 0 Å². The van der Waals surface area contributed by atoms with Crippen LogP contribution in [0.2, 0.25) is 0 Å². The maximum atomic E-state index is 5.62. The van der Waals surface area contributed by atoms with Crippen molar-refractivity contribution < 1.29 is 9.47 Å². The van der Waals surface area contributed by atoms with E-state index in [0.29, 0.717) is 13.2 Å². The van der Waals surface area contributed by atoms with Crippen LogP contribution in [-0.2, 0) is 9.47 Å². The number of terminal acetylenes is 1. The third kappa shape index (κ3) is 3.77. The van der Waals surface area contributed by atoms with E-state index in [9.17, 15) is 0 Å². The predicted octanol–water partition coefficient (Wildman–Crippen LogP) is 0.751. The molecule has 74 valence electrons. The molecule has 0 saturated carbocycles. The smallest absolute Gasteiger partial charge is 0.163 e. The van der Waals surface area contributed by atoms with Gasteiger partial charge in [-0.1, -0.05) is 5.92 Å². The number of hydrogen-bond acceptors (Lipinski definition) is 3. The first-order chi connectivity index (χ1) is 6.14. The van der Waals surface area contributed by atoms with Gasteiger partial charge in [0.15, 0.2) is 5.79 Å². The van der Waals surface area contributed by atoms with Crippen molar-refractivity contribution in [3.05, 3.63) is 0 Å². The van der Waals surface area contributed by atoms with E-state index in [2.05, 4.69) is 11.2 Å². The van der Waals surface area contributed by atoms with Crippen molar-refractivity contribution in [3.63, 3.8) is 0 Å². The van der Waals surface area contributed by atoms with Gasteiger partial charge in [-0.25, -0.2) is 0 Å². The molecule has 0 amide bonds.